The number of nitrogen functional groups attached to an aromatic ring is 1. The van der Waals surface area contributed by atoms with Crippen LogP contribution in [0.15, 0.2) is 22.7 Å². The summed E-state index contributed by atoms with van der Waals surface area (Å²) in [6, 6.07) is 5.98. The van der Waals surface area contributed by atoms with Crippen molar-refractivity contribution in [3.05, 3.63) is 28.2 Å². The topological polar surface area (TPSA) is 53.1 Å². The van der Waals surface area contributed by atoms with E-state index in [1.807, 2.05) is 18.2 Å². The zero-order valence-corrected chi connectivity index (χ0v) is 13.0. The molecule has 1 saturated carbocycles. The van der Waals surface area contributed by atoms with Crippen LogP contribution >= 0.6 is 15.9 Å². The molecule has 0 radical (unpaired) electrons. The number of nitrogens with zero attached hydrogens (tertiary/aromatic N) is 1. The van der Waals surface area contributed by atoms with E-state index in [0.717, 1.165) is 28.2 Å². The third kappa shape index (κ3) is 3.72. The second-order valence-corrected chi connectivity index (χ2v) is 6.38. The number of halogens is 1. The Labute approximate surface area is 123 Å². The van der Waals surface area contributed by atoms with Crippen LogP contribution in [0.5, 0.6) is 0 Å². The number of anilines is 1. The fourth-order valence-electron chi connectivity index (χ4n) is 2.91. The predicted octanol–water partition coefficient (Wildman–Crippen LogP) is 3.75. The van der Waals surface area contributed by atoms with Gasteiger partial charge in [-0.1, -0.05) is 35.2 Å². The number of benzene rings is 1. The molecule has 0 atom stereocenters. The molecule has 19 heavy (non-hydrogen) atoms. The fraction of sp³-hybridized carbons (Fsp3) is 0.533. The second kappa shape index (κ2) is 6.42. The van der Waals surface area contributed by atoms with E-state index in [9.17, 15) is 0 Å². The van der Waals surface area contributed by atoms with E-state index in [2.05, 4.69) is 27.9 Å². The van der Waals surface area contributed by atoms with E-state index in [1.165, 1.54) is 32.1 Å². The van der Waals surface area contributed by atoms with Crippen LogP contribution in [0.25, 0.3) is 0 Å². The normalized spacial score (nSPS) is 16.3. The second-order valence-electron chi connectivity index (χ2n) is 5.46. The standard InChI is InChI=1S/C15H22BrN3/c1-19(10-11-5-3-2-4-6-11)14-8-7-12(16)9-13(14)15(17)18/h7-9,11H,2-6,10H2,1H3,(H3,17,18). The number of hydrogen-bond acceptors (Lipinski definition) is 2. The van der Waals surface area contributed by atoms with Crippen molar-refractivity contribution in [3.63, 3.8) is 0 Å². The zero-order valence-electron chi connectivity index (χ0n) is 11.5. The molecule has 1 aliphatic carbocycles. The molecule has 3 nitrogen and oxygen atoms in total. The molecule has 0 aromatic heterocycles. The lowest BCUT2D eigenvalue weighted by Gasteiger charge is -2.29. The highest BCUT2D eigenvalue weighted by atomic mass is 79.9. The molecule has 3 N–H and O–H groups in total. The third-order valence-electron chi connectivity index (χ3n) is 3.92. The fourth-order valence-corrected chi connectivity index (χ4v) is 3.27. The van der Waals surface area contributed by atoms with Crippen LogP contribution in [-0.2, 0) is 0 Å². The monoisotopic (exact) mass is 323 g/mol. The first-order valence-corrected chi connectivity index (χ1v) is 7.72. The highest BCUT2D eigenvalue weighted by Crippen LogP contribution is 2.28. The maximum atomic E-state index is 7.72. The summed E-state index contributed by atoms with van der Waals surface area (Å²) in [5.74, 6) is 0.911. The minimum absolute atomic E-state index is 0.131. The van der Waals surface area contributed by atoms with Gasteiger partial charge >= 0.3 is 0 Å². The molecule has 0 saturated heterocycles. The van der Waals surface area contributed by atoms with Crippen LogP contribution in [0, 0.1) is 11.3 Å². The Morgan fingerprint density at radius 1 is 1.37 bits per heavy atom. The van der Waals surface area contributed by atoms with Crippen LogP contribution < -0.4 is 10.6 Å². The molecule has 1 fully saturated rings. The average molecular weight is 324 g/mol. The number of hydrogen-bond donors (Lipinski definition) is 2. The largest absolute Gasteiger partial charge is 0.384 e. The van der Waals surface area contributed by atoms with Gasteiger partial charge in [-0.3, -0.25) is 5.41 Å². The van der Waals surface area contributed by atoms with Gasteiger partial charge in [0.1, 0.15) is 5.84 Å². The Morgan fingerprint density at radius 3 is 2.68 bits per heavy atom. The van der Waals surface area contributed by atoms with Gasteiger partial charge in [-0.15, -0.1) is 0 Å². The van der Waals surface area contributed by atoms with E-state index in [0.29, 0.717) is 0 Å². The van der Waals surface area contributed by atoms with Gasteiger partial charge in [0.05, 0.1) is 0 Å². The van der Waals surface area contributed by atoms with E-state index >= 15 is 0 Å². The summed E-state index contributed by atoms with van der Waals surface area (Å²) in [5.41, 5.74) is 7.56. The smallest absolute Gasteiger partial charge is 0.124 e. The van der Waals surface area contributed by atoms with Gasteiger partial charge in [0, 0.05) is 29.3 Å². The van der Waals surface area contributed by atoms with Crippen LogP contribution in [0.3, 0.4) is 0 Å². The van der Waals surface area contributed by atoms with Crippen LogP contribution in [0.1, 0.15) is 37.7 Å². The first kappa shape index (κ1) is 14.4. The molecule has 0 spiro atoms. The van der Waals surface area contributed by atoms with Crippen molar-refractivity contribution in [2.24, 2.45) is 11.7 Å². The molecule has 0 unspecified atom stereocenters. The highest BCUT2D eigenvalue weighted by Gasteiger charge is 2.17. The molecule has 0 heterocycles. The maximum Gasteiger partial charge on any atom is 0.124 e. The molecule has 2 rings (SSSR count). The minimum Gasteiger partial charge on any atom is -0.384 e. The van der Waals surface area contributed by atoms with Crippen molar-refractivity contribution in [1.29, 1.82) is 5.41 Å². The Morgan fingerprint density at radius 2 is 2.05 bits per heavy atom. The summed E-state index contributed by atoms with van der Waals surface area (Å²) in [5, 5.41) is 7.72. The van der Waals surface area contributed by atoms with E-state index in [1.54, 1.807) is 0 Å². The SMILES string of the molecule is CN(CC1CCCCC1)c1ccc(Br)cc1C(=N)N. The van der Waals surface area contributed by atoms with Crippen molar-refractivity contribution >= 4 is 27.5 Å². The molecule has 4 heteroatoms. The first-order valence-electron chi connectivity index (χ1n) is 6.93. The van der Waals surface area contributed by atoms with Crippen molar-refractivity contribution in [1.82, 2.24) is 0 Å². The summed E-state index contributed by atoms with van der Waals surface area (Å²) in [6.45, 7) is 1.06. The van der Waals surface area contributed by atoms with Crippen LogP contribution in [-0.4, -0.2) is 19.4 Å². The zero-order chi connectivity index (χ0) is 13.8. The summed E-state index contributed by atoms with van der Waals surface area (Å²) in [7, 11) is 2.10. The Hall–Kier alpha value is -1.03. The highest BCUT2D eigenvalue weighted by molar-refractivity contribution is 9.10. The van der Waals surface area contributed by atoms with Gasteiger partial charge in [-0.05, 0) is 37.0 Å². The maximum absolute atomic E-state index is 7.72. The Balaban J connectivity index is 2.13. The predicted molar refractivity (Wildman–Crippen MR) is 85.0 cm³/mol. The van der Waals surface area contributed by atoms with Gasteiger partial charge in [0.15, 0.2) is 0 Å². The quantitative estimate of drug-likeness (QED) is 0.655. The van der Waals surface area contributed by atoms with Crippen LogP contribution in [0.2, 0.25) is 0 Å². The third-order valence-corrected chi connectivity index (χ3v) is 4.41. The lowest BCUT2D eigenvalue weighted by atomic mass is 9.89. The summed E-state index contributed by atoms with van der Waals surface area (Å²) < 4.78 is 0.965. The van der Waals surface area contributed by atoms with E-state index in [-0.39, 0.29) is 5.84 Å². The van der Waals surface area contributed by atoms with Crippen molar-refractivity contribution in [2.45, 2.75) is 32.1 Å². The van der Waals surface area contributed by atoms with Crippen molar-refractivity contribution < 1.29 is 0 Å². The van der Waals surface area contributed by atoms with Crippen LogP contribution in [0.4, 0.5) is 5.69 Å². The van der Waals surface area contributed by atoms with E-state index in [4.69, 9.17) is 11.1 Å². The number of amidine groups is 1. The molecule has 1 aromatic rings. The molecular formula is C15H22BrN3. The molecule has 0 bridgehead atoms. The van der Waals surface area contributed by atoms with Gasteiger partial charge in [-0.25, -0.2) is 0 Å². The summed E-state index contributed by atoms with van der Waals surface area (Å²) >= 11 is 3.44. The lowest BCUT2D eigenvalue weighted by Crippen LogP contribution is -2.29. The van der Waals surface area contributed by atoms with Gasteiger partial charge in [-0.2, -0.15) is 0 Å². The van der Waals surface area contributed by atoms with Gasteiger partial charge < -0.3 is 10.6 Å². The number of nitrogens with one attached hydrogen (secondary N) is 1. The number of rotatable bonds is 4. The molecule has 1 aliphatic rings. The van der Waals surface area contributed by atoms with Gasteiger partial charge in [0.2, 0.25) is 0 Å². The first-order chi connectivity index (χ1) is 9.08. The molecule has 0 amide bonds. The van der Waals surface area contributed by atoms with Crippen molar-refractivity contribution in [3.8, 4) is 0 Å². The Bertz CT molecular complexity index is 453. The number of nitrogens with two attached hydrogens (primary N) is 1. The van der Waals surface area contributed by atoms with Gasteiger partial charge in [0.25, 0.3) is 0 Å². The van der Waals surface area contributed by atoms with E-state index < -0.39 is 0 Å². The summed E-state index contributed by atoms with van der Waals surface area (Å²) in [6.07, 6.45) is 6.76. The van der Waals surface area contributed by atoms with Crippen molar-refractivity contribution in [2.75, 3.05) is 18.5 Å². The molecule has 1 aromatic carbocycles. The lowest BCUT2D eigenvalue weighted by molar-refractivity contribution is 0.362. The molecule has 104 valence electrons. The molecular weight excluding hydrogens is 302 g/mol. The molecule has 0 aliphatic heterocycles. The average Bonchev–Trinajstić information content (AvgIpc) is 2.39. The summed E-state index contributed by atoms with van der Waals surface area (Å²) in [4.78, 5) is 2.25. The minimum atomic E-state index is 0.131. The Kier molecular flexibility index (Phi) is 4.86.